The highest BCUT2D eigenvalue weighted by molar-refractivity contribution is 7.18. The zero-order valence-corrected chi connectivity index (χ0v) is 16.9. The Morgan fingerprint density at radius 2 is 1.93 bits per heavy atom. The Kier molecular flexibility index (Phi) is 5.95. The molecule has 0 aliphatic heterocycles. The number of thiazole rings is 1. The maximum Gasteiger partial charge on any atom is 0.306 e. The van der Waals surface area contributed by atoms with Crippen LogP contribution >= 0.6 is 11.3 Å². The van der Waals surface area contributed by atoms with Gasteiger partial charge in [-0.25, -0.2) is 4.98 Å². The molecule has 0 N–H and O–H groups in total. The van der Waals surface area contributed by atoms with Gasteiger partial charge in [-0.3, -0.25) is 4.79 Å². The molecular weight excluding hydrogens is 386 g/mol. The molecule has 0 unspecified atom stereocenters. The molecule has 0 aliphatic rings. The van der Waals surface area contributed by atoms with Crippen molar-refractivity contribution in [3.63, 3.8) is 0 Å². The zero-order valence-electron chi connectivity index (χ0n) is 16.1. The van der Waals surface area contributed by atoms with Gasteiger partial charge >= 0.3 is 5.97 Å². The highest BCUT2D eigenvalue weighted by atomic mass is 32.1. The van der Waals surface area contributed by atoms with E-state index >= 15 is 0 Å². The van der Waals surface area contributed by atoms with Crippen LogP contribution in [0.15, 0.2) is 53.1 Å². The first kappa shape index (κ1) is 19.3. The largest absolute Gasteiger partial charge is 0.456 e. The minimum absolute atomic E-state index is 0.0139. The fraction of sp³-hybridized carbons (Fsp3) is 0.273. The lowest BCUT2D eigenvalue weighted by atomic mass is 10.1. The summed E-state index contributed by atoms with van der Waals surface area (Å²) in [7, 11) is 0. The van der Waals surface area contributed by atoms with Crippen LogP contribution in [0.1, 0.15) is 36.2 Å². The second kappa shape index (κ2) is 8.96. The third-order valence-electron chi connectivity index (χ3n) is 4.55. The zero-order chi connectivity index (χ0) is 20.1. The standard InChI is InChI=1S/C22H21N3O3S/c1-2-15-10-12-16(13-11-15)22-24-19(28-25-22)14-27-21(26)9-5-8-20-23-17-6-3-4-7-18(17)29-20/h3-4,6-7,10-13H,2,5,8-9,14H2,1H3. The second-order valence-corrected chi connectivity index (χ2v) is 7.77. The Morgan fingerprint density at radius 3 is 2.72 bits per heavy atom. The van der Waals surface area contributed by atoms with E-state index in [0.29, 0.717) is 24.6 Å². The van der Waals surface area contributed by atoms with Crippen LogP contribution in [0.25, 0.3) is 21.6 Å². The molecule has 0 fully saturated rings. The summed E-state index contributed by atoms with van der Waals surface area (Å²) in [5, 5.41) is 4.99. The van der Waals surface area contributed by atoms with Crippen LogP contribution in [0, 0.1) is 0 Å². The summed E-state index contributed by atoms with van der Waals surface area (Å²) in [6.45, 7) is 2.09. The number of carbonyl (C=O) groups is 1. The van der Waals surface area contributed by atoms with E-state index in [1.807, 2.05) is 42.5 Å². The van der Waals surface area contributed by atoms with Gasteiger partial charge in [0.2, 0.25) is 5.82 Å². The van der Waals surface area contributed by atoms with Gasteiger partial charge in [0.25, 0.3) is 5.89 Å². The number of carbonyl (C=O) groups excluding carboxylic acids is 1. The first-order chi connectivity index (χ1) is 14.2. The molecule has 29 heavy (non-hydrogen) atoms. The Bertz CT molecular complexity index is 1070. The number of nitrogens with zero attached hydrogens (tertiary/aromatic N) is 3. The van der Waals surface area contributed by atoms with E-state index in [2.05, 4.69) is 28.1 Å². The van der Waals surface area contributed by atoms with Crippen molar-refractivity contribution in [2.75, 3.05) is 0 Å². The quantitative estimate of drug-likeness (QED) is 0.384. The number of fused-ring (bicyclic) bond motifs is 1. The van der Waals surface area contributed by atoms with Gasteiger partial charge in [-0.15, -0.1) is 11.3 Å². The van der Waals surface area contributed by atoms with Gasteiger partial charge in [-0.05, 0) is 37.0 Å². The average Bonchev–Trinajstić information content (AvgIpc) is 3.39. The molecule has 2 aromatic carbocycles. The number of esters is 1. The van der Waals surface area contributed by atoms with Gasteiger partial charge in [0, 0.05) is 12.0 Å². The van der Waals surface area contributed by atoms with E-state index in [9.17, 15) is 4.79 Å². The van der Waals surface area contributed by atoms with Crippen molar-refractivity contribution in [3.05, 3.63) is 65.0 Å². The fourth-order valence-corrected chi connectivity index (χ4v) is 3.95. The van der Waals surface area contributed by atoms with Crippen LogP contribution in [0.2, 0.25) is 0 Å². The highest BCUT2D eigenvalue weighted by Gasteiger charge is 2.12. The summed E-state index contributed by atoms with van der Waals surface area (Å²) < 4.78 is 11.6. The molecule has 0 saturated carbocycles. The van der Waals surface area contributed by atoms with Gasteiger partial charge in [0.1, 0.15) is 0 Å². The highest BCUT2D eigenvalue weighted by Crippen LogP contribution is 2.23. The predicted octanol–water partition coefficient (Wildman–Crippen LogP) is 4.97. The van der Waals surface area contributed by atoms with Crippen LogP contribution in [0.3, 0.4) is 0 Å². The summed E-state index contributed by atoms with van der Waals surface area (Å²) >= 11 is 1.67. The van der Waals surface area contributed by atoms with Crippen molar-refractivity contribution in [3.8, 4) is 11.4 Å². The van der Waals surface area contributed by atoms with Crippen molar-refractivity contribution < 1.29 is 14.1 Å². The topological polar surface area (TPSA) is 78.1 Å². The predicted molar refractivity (Wildman–Crippen MR) is 111 cm³/mol. The number of aromatic nitrogens is 3. The van der Waals surface area contributed by atoms with E-state index in [1.165, 1.54) is 10.3 Å². The Labute approximate surface area is 172 Å². The molecule has 148 valence electrons. The van der Waals surface area contributed by atoms with Crippen molar-refractivity contribution in [1.82, 2.24) is 15.1 Å². The molecule has 0 saturated heterocycles. The van der Waals surface area contributed by atoms with Crippen LogP contribution in [0.4, 0.5) is 0 Å². The van der Waals surface area contributed by atoms with Crippen molar-refractivity contribution >= 4 is 27.5 Å². The lowest BCUT2D eigenvalue weighted by Gasteiger charge is -2.01. The molecule has 0 aliphatic carbocycles. The van der Waals surface area contributed by atoms with Crippen molar-refractivity contribution in [2.45, 2.75) is 39.2 Å². The molecule has 4 aromatic rings. The number of rotatable bonds is 8. The minimum Gasteiger partial charge on any atom is -0.456 e. The van der Waals surface area contributed by atoms with Crippen LogP contribution in [0.5, 0.6) is 0 Å². The molecule has 0 spiro atoms. The SMILES string of the molecule is CCc1ccc(-c2noc(COC(=O)CCCc3nc4ccccc4s3)n2)cc1. The lowest BCUT2D eigenvalue weighted by Crippen LogP contribution is -2.05. The molecular formula is C22H21N3O3S. The number of para-hydroxylation sites is 1. The molecule has 0 amide bonds. The molecule has 0 atom stereocenters. The molecule has 6 nitrogen and oxygen atoms in total. The molecule has 7 heteroatoms. The monoisotopic (exact) mass is 407 g/mol. The average molecular weight is 407 g/mol. The maximum absolute atomic E-state index is 12.0. The number of hydrogen-bond donors (Lipinski definition) is 0. The van der Waals surface area contributed by atoms with E-state index < -0.39 is 0 Å². The van der Waals surface area contributed by atoms with Crippen LogP contribution in [-0.4, -0.2) is 21.1 Å². The summed E-state index contributed by atoms with van der Waals surface area (Å²) in [6.07, 6.45) is 2.76. The van der Waals surface area contributed by atoms with Crippen LogP contribution < -0.4 is 0 Å². The normalized spacial score (nSPS) is 11.1. The van der Waals surface area contributed by atoms with Gasteiger partial charge < -0.3 is 9.26 Å². The molecule has 0 radical (unpaired) electrons. The number of benzene rings is 2. The first-order valence-corrected chi connectivity index (χ1v) is 10.4. The number of hydrogen-bond acceptors (Lipinski definition) is 7. The molecule has 2 heterocycles. The Balaban J connectivity index is 1.23. The molecule has 4 rings (SSSR count). The molecule has 2 aromatic heterocycles. The van der Waals surface area contributed by atoms with Crippen molar-refractivity contribution in [1.29, 1.82) is 0 Å². The van der Waals surface area contributed by atoms with E-state index in [4.69, 9.17) is 9.26 Å². The lowest BCUT2D eigenvalue weighted by molar-refractivity contribution is -0.145. The fourth-order valence-electron chi connectivity index (χ4n) is 2.95. The minimum atomic E-state index is -0.279. The second-order valence-electron chi connectivity index (χ2n) is 6.65. The van der Waals surface area contributed by atoms with Gasteiger partial charge in [0.05, 0.1) is 15.2 Å². The summed E-state index contributed by atoms with van der Waals surface area (Å²) in [4.78, 5) is 20.9. The molecule has 0 bridgehead atoms. The number of aryl methyl sites for hydroxylation is 2. The third kappa shape index (κ3) is 4.86. The van der Waals surface area contributed by atoms with Gasteiger partial charge in [0.15, 0.2) is 6.61 Å². The first-order valence-electron chi connectivity index (χ1n) is 9.63. The van der Waals surface area contributed by atoms with Gasteiger partial charge in [-0.2, -0.15) is 4.98 Å². The van der Waals surface area contributed by atoms with E-state index in [1.54, 1.807) is 11.3 Å². The van der Waals surface area contributed by atoms with E-state index in [0.717, 1.165) is 28.9 Å². The summed E-state index contributed by atoms with van der Waals surface area (Å²) in [6, 6.07) is 16.0. The van der Waals surface area contributed by atoms with E-state index in [-0.39, 0.29) is 12.6 Å². The van der Waals surface area contributed by atoms with Crippen molar-refractivity contribution in [2.24, 2.45) is 0 Å². The summed E-state index contributed by atoms with van der Waals surface area (Å²) in [5.41, 5.74) is 3.13. The van der Waals surface area contributed by atoms with Crippen LogP contribution in [-0.2, 0) is 29.0 Å². The van der Waals surface area contributed by atoms with Gasteiger partial charge in [-0.1, -0.05) is 48.5 Å². The smallest absolute Gasteiger partial charge is 0.306 e. The third-order valence-corrected chi connectivity index (χ3v) is 5.65. The maximum atomic E-state index is 12.0. The Morgan fingerprint density at radius 1 is 1.10 bits per heavy atom. The Hall–Kier alpha value is -3.06. The number of ether oxygens (including phenoxy) is 1. The summed E-state index contributed by atoms with van der Waals surface area (Å²) in [5.74, 6) is 0.506.